The predicted molar refractivity (Wildman–Crippen MR) is 62.0 cm³/mol. The molecule has 0 radical (unpaired) electrons. The molecule has 0 bridgehead atoms. The molecule has 0 N–H and O–H groups in total. The van der Waals surface area contributed by atoms with Gasteiger partial charge in [-0.15, -0.1) is 0 Å². The number of hydrogen-bond donors (Lipinski definition) is 0. The van der Waals surface area contributed by atoms with Crippen LogP contribution in [0.25, 0.3) is 0 Å². The summed E-state index contributed by atoms with van der Waals surface area (Å²) >= 11 is 0. The summed E-state index contributed by atoms with van der Waals surface area (Å²) in [7, 11) is 2.20. The van der Waals surface area contributed by atoms with E-state index in [0.717, 1.165) is 0 Å². The lowest BCUT2D eigenvalue weighted by Crippen LogP contribution is -2.38. The van der Waals surface area contributed by atoms with Crippen molar-refractivity contribution < 1.29 is 0 Å². The highest BCUT2D eigenvalue weighted by atomic mass is 15.2. The van der Waals surface area contributed by atoms with Gasteiger partial charge >= 0.3 is 0 Å². The molecule has 1 heteroatoms. The summed E-state index contributed by atoms with van der Waals surface area (Å²) in [5.41, 5.74) is 3.24. The number of hydrogen-bond acceptors (Lipinski definition) is 1. The summed E-state index contributed by atoms with van der Waals surface area (Å²) < 4.78 is 0. The highest BCUT2D eigenvalue weighted by Crippen LogP contribution is 2.45. The van der Waals surface area contributed by atoms with E-state index in [4.69, 9.17) is 0 Å². The summed E-state index contributed by atoms with van der Waals surface area (Å²) in [5, 5.41) is 0. The van der Waals surface area contributed by atoms with E-state index < -0.39 is 0 Å². The highest BCUT2D eigenvalue weighted by molar-refractivity contribution is 5.63. The molecule has 2 atom stereocenters. The van der Waals surface area contributed by atoms with Crippen molar-refractivity contribution in [1.29, 1.82) is 0 Å². The molecule has 2 unspecified atom stereocenters. The molecule has 1 aliphatic heterocycles. The Hall–Kier alpha value is -0.980. The van der Waals surface area contributed by atoms with Crippen molar-refractivity contribution in [3.05, 3.63) is 29.8 Å². The number of para-hydroxylation sites is 1. The molecular weight excluding hydrogens is 170 g/mol. The SMILES string of the molecule is CCC1(C)c2ccccc2N(C)C1C. The quantitative estimate of drug-likeness (QED) is 0.655. The van der Waals surface area contributed by atoms with E-state index in [1.165, 1.54) is 17.7 Å². The van der Waals surface area contributed by atoms with Crippen LogP contribution in [0.1, 0.15) is 32.8 Å². The van der Waals surface area contributed by atoms with Crippen molar-refractivity contribution in [2.45, 2.75) is 38.6 Å². The van der Waals surface area contributed by atoms with Gasteiger partial charge in [-0.1, -0.05) is 32.0 Å². The lowest BCUT2D eigenvalue weighted by atomic mass is 9.77. The Morgan fingerprint density at radius 2 is 2.00 bits per heavy atom. The van der Waals surface area contributed by atoms with Gasteiger partial charge in [0.1, 0.15) is 0 Å². The summed E-state index contributed by atoms with van der Waals surface area (Å²) in [6.07, 6.45) is 1.20. The summed E-state index contributed by atoms with van der Waals surface area (Å²) in [6, 6.07) is 9.39. The first-order chi connectivity index (χ1) is 6.61. The minimum absolute atomic E-state index is 0.325. The molecule has 76 valence electrons. The van der Waals surface area contributed by atoms with Crippen molar-refractivity contribution in [3.63, 3.8) is 0 Å². The average molecular weight is 189 g/mol. The fourth-order valence-corrected chi connectivity index (χ4v) is 2.61. The molecule has 0 saturated carbocycles. The fourth-order valence-electron chi connectivity index (χ4n) is 2.61. The summed E-state index contributed by atoms with van der Waals surface area (Å²) in [5.74, 6) is 0. The molecule has 1 aromatic rings. The standard InChI is InChI=1S/C13H19N/c1-5-13(3)10(2)14(4)12-9-7-6-8-11(12)13/h6-10H,5H2,1-4H3. The zero-order valence-corrected chi connectivity index (χ0v) is 9.54. The van der Waals surface area contributed by atoms with Gasteiger partial charge in [0.2, 0.25) is 0 Å². The van der Waals surface area contributed by atoms with Crippen LogP contribution >= 0.6 is 0 Å². The zero-order valence-electron chi connectivity index (χ0n) is 9.54. The lowest BCUT2D eigenvalue weighted by molar-refractivity contribution is 0.400. The van der Waals surface area contributed by atoms with Crippen molar-refractivity contribution in [1.82, 2.24) is 0 Å². The van der Waals surface area contributed by atoms with Crippen LogP contribution in [0.4, 0.5) is 5.69 Å². The van der Waals surface area contributed by atoms with Crippen LogP contribution in [0, 0.1) is 0 Å². The molecule has 0 aliphatic carbocycles. The topological polar surface area (TPSA) is 3.24 Å². The fraction of sp³-hybridized carbons (Fsp3) is 0.538. The highest BCUT2D eigenvalue weighted by Gasteiger charge is 2.41. The van der Waals surface area contributed by atoms with Gasteiger partial charge in [0.05, 0.1) is 0 Å². The van der Waals surface area contributed by atoms with Crippen LogP contribution in [0.2, 0.25) is 0 Å². The Morgan fingerprint density at radius 1 is 1.36 bits per heavy atom. The molecule has 0 amide bonds. The van der Waals surface area contributed by atoms with Crippen LogP contribution in [-0.2, 0) is 5.41 Å². The summed E-state index contributed by atoms with van der Waals surface area (Å²) in [6.45, 7) is 6.98. The zero-order chi connectivity index (χ0) is 10.3. The van der Waals surface area contributed by atoms with Crippen molar-refractivity contribution >= 4 is 5.69 Å². The molecule has 0 saturated heterocycles. The number of likely N-dealkylation sites (N-methyl/N-ethyl adjacent to an activating group) is 1. The monoisotopic (exact) mass is 189 g/mol. The second kappa shape index (κ2) is 3.01. The van der Waals surface area contributed by atoms with Crippen LogP contribution in [0.15, 0.2) is 24.3 Å². The lowest BCUT2D eigenvalue weighted by Gasteiger charge is -2.31. The van der Waals surface area contributed by atoms with Crippen molar-refractivity contribution in [2.24, 2.45) is 0 Å². The Bertz CT molecular complexity index is 345. The van der Waals surface area contributed by atoms with Crippen LogP contribution in [0.3, 0.4) is 0 Å². The van der Waals surface area contributed by atoms with E-state index in [2.05, 4.69) is 57.0 Å². The molecule has 0 fully saturated rings. The number of rotatable bonds is 1. The Labute approximate surface area is 86.7 Å². The van der Waals surface area contributed by atoms with Gasteiger partial charge in [-0.05, 0) is 25.0 Å². The smallest absolute Gasteiger partial charge is 0.0405 e. The molecule has 1 aromatic carbocycles. The normalized spacial score (nSPS) is 30.6. The maximum Gasteiger partial charge on any atom is 0.0405 e. The second-order valence-electron chi connectivity index (χ2n) is 4.58. The van der Waals surface area contributed by atoms with Crippen molar-refractivity contribution in [3.8, 4) is 0 Å². The number of benzene rings is 1. The van der Waals surface area contributed by atoms with E-state index in [9.17, 15) is 0 Å². The van der Waals surface area contributed by atoms with Crippen LogP contribution in [-0.4, -0.2) is 13.1 Å². The van der Waals surface area contributed by atoms with E-state index >= 15 is 0 Å². The predicted octanol–water partition coefficient (Wildman–Crippen LogP) is 3.19. The maximum atomic E-state index is 2.40. The Balaban J connectivity index is 2.59. The summed E-state index contributed by atoms with van der Waals surface area (Å²) in [4.78, 5) is 2.40. The molecule has 2 rings (SSSR count). The first-order valence-corrected chi connectivity index (χ1v) is 5.43. The van der Waals surface area contributed by atoms with E-state index in [1.807, 2.05) is 0 Å². The number of fused-ring (bicyclic) bond motifs is 1. The van der Waals surface area contributed by atoms with Gasteiger partial charge in [-0.3, -0.25) is 0 Å². The second-order valence-corrected chi connectivity index (χ2v) is 4.58. The molecule has 1 aliphatic rings. The largest absolute Gasteiger partial charge is 0.371 e. The molecule has 0 spiro atoms. The van der Waals surface area contributed by atoms with Crippen LogP contribution < -0.4 is 4.90 Å². The minimum Gasteiger partial charge on any atom is -0.371 e. The Kier molecular flexibility index (Phi) is 2.06. The van der Waals surface area contributed by atoms with E-state index in [1.54, 1.807) is 0 Å². The van der Waals surface area contributed by atoms with Crippen molar-refractivity contribution in [2.75, 3.05) is 11.9 Å². The molecular formula is C13H19N. The van der Waals surface area contributed by atoms with Gasteiger partial charge < -0.3 is 4.90 Å². The molecule has 1 nitrogen and oxygen atoms in total. The van der Waals surface area contributed by atoms with Gasteiger partial charge in [0.25, 0.3) is 0 Å². The Morgan fingerprint density at radius 3 is 2.64 bits per heavy atom. The third-order valence-corrected chi connectivity index (χ3v) is 4.14. The van der Waals surface area contributed by atoms with Gasteiger partial charge in [0.15, 0.2) is 0 Å². The molecule has 14 heavy (non-hydrogen) atoms. The minimum atomic E-state index is 0.325. The number of anilines is 1. The van der Waals surface area contributed by atoms with Gasteiger partial charge in [0, 0.05) is 24.2 Å². The van der Waals surface area contributed by atoms with E-state index in [-0.39, 0.29) is 0 Å². The average Bonchev–Trinajstić information content (AvgIpc) is 2.43. The van der Waals surface area contributed by atoms with Crippen LogP contribution in [0.5, 0.6) is 0 Å². The first-order valence-electron chi connectivity index (χ1n) is 5.43. The first kappa shape index (κ1) is 9.57. The maximum absolute atomic E-state index is 2.40. The third kappa shape index (κ3) is 1.01. The molecule has 1 heterocycles. The third-order valence-electron chi connectivity index (χ3n) is 4.14. The van der Waals surface area contributed by atoms with Gasteiger partial charge in [-0.25, -0.2) is 0 Å². The van der Waals surface area contributed by atoms with Gasteiger partial charge in [-0.2, -0.15) is 0 Å². The van der Waals surface area contributed by atoms with E-state index in [0.29, 0.717) is 11.5 Å². The number of nitrogens with zero attached hydrogens (tertiary/aromatic N) is 1. The molecule has 0 aromatic heterocycles.